The molecule has 0 saturated carbocycles. The van der Waals surface area contributed by atoms with E-state index in [9.17, 15) is 13.6 Å². The van der Waals surface area contributed by atoms with Gasteiger partial charge in [-0.1, -0.05) is 34.5 Å². The van der Waals surface area contributed by atoms with Crippen LogP contribution in [-0.4, -0.2) is 55.2 Å². The second-order valence-corrected chi connectivity index (χ2v) is 10.3. The normalized spacial score (nSPS) is 14.8. The number of carbonyl (C=O) groups is 1. The van der Waals surface area contributed by atoms with E-state index in [1.807, 2.05) is 6.20 Å². The van der Waals surface area contributed by atoms with Crippen molar-refractivity contribution >= 4 is 51.4 Å². The number of anilines is 2. The second kappa shape index (κ2) is 11.6. The number of aryl methyl sites for hydroxylation is 1. The number of nitrogens with zero attached hydrogens (tertiary/aromatic N) is 7. The smallest absolute Gasteiger partial charge is 0.244 e. The largest absolute Gasteiger partial charge is 0.325 e. The fourth-order valence-corrected chi connectivity index (χ4v) is 4.86. The highest BCUT2D eigenvalue weighted by Gasteiger charge is 2.33. The van der Waals surface area contributed by atoms with E-state index in [1.165, 1.54) is 27.1 Å². The number of hydroxylamine groups is 3. The van der Waals surface area contributed by atoms with Crippen LogP contribution >= 0.6 is 23.2 Å². The number of amides is 1. The quantitative estimate of drug-likeness (QED) is 0.276. The van der Waals surface area contributed by atoms with Crippen molar-refractivity contribution in [2.24, 2.45) is 7.05 Å². The van der Waals surface area contributed by atoms with Gasteiger partial charge in [0.2, 0.25) is 5.91 Å². The molecule has 5 aromatic rings. The average Bonchev–Trinajstić information content (AvgIpc) is 3.56. The molecule has 0 spiro atoms. The molecule has 1 aliphatic heterocycles. The van der Waals surface area contributed by atoms with Crippen molar-refractivity contribution in [1.29, 1.82) is 0 Å². The lowest BCUT2D eigenvalue weighted by molar-refractivity contribution is -0.279. The molecule has 2 aromatic heterocycles. The van der Waals surface area contributed by atoms with Gasteiger partial charge in [0.05, 0.1) is 23.1 Å². The van der Waals surface area contributed by atoms with Crippen LogP contribution in [0.4, 0.5) is 20.2 Å². The van der Waals surface area contributed by atoms with Crippen LogP contribution in [0.5, 0.6) is 0 Å². The third kappa shape index (κ3) is 5.91. The van der Waals surface area contributed by atoms with Gasteiger partial charge >= 0.3 is 0 Å². The maximum atomic E-state index is 14.7. The minimum absolute atomic E-state index is 0.129. The second-order valence-electron chi connectivity index (χ2n) is 9.45. The van der Waals surface area contributed by atoms with Gasteiger partial charge in [0, 0.05) is 41.8 Å². The van der Waals surface area contributed by atoms with E-state index in [2.05, 4.69) is 20.7 Å². The maximum Gasteiger partial charge on any atom is 0.244 e. The molecule has 42 heavy (non-hydrogen) atoms. The maximum absolute atomic E-state index is 14.7. The molecule has 1 saturated heterocycles. The summed E-state index contributed by atoms with van der Waals surface area (Å²) < 4.78 is 31.4. The van der Waals surface area contributed by atoms with Gasteiger partial charge in [-0.15, -0.1) is 10.2 Å². The number of halogens is 4. The summed E-state index contributed by atoms with van der Waals surface area (Å²) >= 11 is 12.2. The lowest BCUT2D eigenvalue weighted by atomic mass is 10.0. The monoisotopic (exact) mass is 614 g/mol. The zero-order valence-corrected chi connectivity index (χ0v) is 23.4. The molecule has 0 bridgehead atoms. The number of fused-ring (bicyclic) bond motifs is 1. The van der Waals surface area contributed by atoms with Crippen molar-refractivity contribution in [3.8, 4) is 5.69 Å². The van der Waals surface area contributed by atoms with Crippen molar-refractivity contribution in [2.45, 2.75) is 12.5 Å². The number of hydrogen-bond donors (Lipinski definition) is 1. The predicted octanol–water partition coefficient (Wildman–Crippen LogP) is 4.89. The lowest BCUT2D eigenvalue weighted by Gasteiger charge is -2.38. The summed E-state index contributed by atoms with van der Waals surface area (Å²) in [6.07, 6.45) is 3.21. The molecule has 3 heterocycles. The van der Waals surface area contributed by atoms with Crippen molar-refractivity contribution in [3.63, 3.8) is 0 Å². The topological polar surface area (TPSA) is 103 Å². The number of nitrogens with one attached hydrogen (secondary N) is 1. The van der Waals surface area contributed by atoms with Gasteiger partial charge in [0.25, 0.3) is 0 Å². The van der Waals surface area contributed by atoms with E-state index in [4.69, 9.17) is 32.9 Å². The van der Waals surface area contributed by atoms with Gasteiger partial charge in [-0.05, 0) is 48.0 Å². The standard InChI is InChI=1S/C27H22Cl2F2N8O3/c1-36-12-17-8-20(5-6-22(17)34-36)32-27(40)25(9-16-2-4-19(30)11-21(16)31)39-15-41-38(14-42-39)24-10-18(28)3-7-23(24)37-13-26(29)33-35-37/h2-8,10-13,25H,9,14-15H2,1H3,(H,32,40). The number of benzene rings is 3. The van der Waals surface area contributed by atoms with Crippen LogP contribution in [0.15, 0.2) is 67.0 Å². The van der Waals surface area contributed by atoms with Gasteiger partial charge < -0.3 is 5.32 Å². The summed E-state index contributed by atoms with van der Waals surface area (Å²) in [5.41, 5.74) is 2.47. The SMILES string of the molecule is Cn1cc2cc(NC(=O)C(Cc3ccc(F)cc3F)N3CON(c4cc(Cl)ccc4-n4cc(Cl)nn4)CO3)ccc2n1. The van der Waals surface area contributed by atoms with Crippen LogP contribution in [0.3, 0.4) is 0 Å². The van der Waals surface area contributed by atoms with E-state index < -0.39 is 23.6 Å². The first-order valence-electron chi connectivity index (χ1n) is 12.6. The third-order valence-corrected chi connectivity index (χ3v) is 6.97. The molecular weight excluding hydrogens is 593 g/mol. The molecule has 216 valence electrons. The number of rotatable bonds is 7. The molecule has 6 rings (SSSR count). The molecule has 3 aromatic carbocycles. The van der Waals surface area contributed by atoms with Crippen molar-refractivity contribution in [2.75, 3.05) is 23.8 Å². The van der Waals surface area contributed by atoms with Gasteiger partial charge in [0.15, 0.2) is 18.6 Å². The molecule has 1 N–H and O–H groups in total. The lowest BCUT2D eigenvalue weighted by Crippen LogP contribution is -2.52. The number of carbonyl (C=O) groups excluding carboxylic acids is 1. The molecule has 15 heteroatoms. The Hall–Kier alpha value is -4.14. The Morgan fingerprint density at radius 3 is 2.62 bits per heavy atom. The van der Waals surface area contributed by atoms with E-state index >= 15 is 0 Å². The molecule has 0 radical (unpaired) electrons. The average molecular weight is 615 g/mol. The third-order valence-electron chi connectivity index (χ3n) is 6.57. The van der Waals surface area contributed by atoms with Crippen LogP contribution in [0.1, 0.15) is 5.56 Å². The summed E-state index contributed by atoms with van der Waals surface area (Å²) in [5, 5.41) is 19.2. The highest BCUT2D eigenvalue weighted by Crippen LogP contribution is 2.30. The fourth-order valence-electron chi connectivity index (χ4n) is 4.57. The fraction of sp³-hybridized carbons (Fsp3) is 0.185. The van der Waals surface area contributed by atoms with Gasteiger partial charge in [-0.25, -0.2) is 18.5 Å². The highest BCUT2D eigenvalue weighted by atomic mass is 35.5. The first kappa shape index (κ1) is 28.0. The number of hydrogen-bond acceptors (Lipinski definition) is 8. The van der Waals surface area contributed by atoms with Gasteiger partial charge in [0.1, 0.15) is 17.7 Å². The van der Waals surface area contributed by atoms with Crippen LogP contribution in [0.2, 0.25) is 10.2 Å². The highest BCUT2D eigenvalue weighted by molar-refractivity contribution is 6.31. The predicted molar refractivity (Wildman–Crippen MR) is 151 cm³/mol. The molecule has 1 atom stereocenters. The van der Waals surface area contributed by atoms with E-state index in [-0.39, 0.29) is 30.6 Å². The van der Waals surface area contributed by atoms with Crippen LogP contribution in [-0.2, 0) is 27.9 Å². The van der Waals surface area contributed by atoms with Crippen LogP contribution in [0, 0.1) is 11.6 Å². The summed E-state index contributed by atoms with van der Waals surface area (Å²) in [5.74, 6) is -1.99. The van der Waals surface area contributed by atoms with Gasteiger partial charge in [-0.3, -0.25) is 19.2 Å². The van der Waals surface area contributed by atoms with Crippen molar-refractivity contribution in [3.05, 3.63) is 94.4 Å². The van der Waals surface area contributed by atoms with E-state index in [1.54, 1.807) is 48.1 Å². The Morgan fingerprint density at radius 2 is 1.88 bits per heavy atom. The summed E-state index contributed by atoms with van der Waals surface area (Å²) in [4.78, 5) is 25.5. The Morgan fingerprint density at radius 1 is 1.02 bits per heavy atom. The van der Waals surface area contributed by atoms with E-state index in [0.717, 1.165) is 23.0 Å². The molecule has 1 amide bonds. The van der Waals surface area contributed by atoms with Gasteiger partial charge in [-0.2, -0.15) is 5.10 Å². The zero-order valence-electron chi connectivity index (χ0n) is 21.9. The minimum Gasteiger partial charge on any atom is -0.325 e. The first-order valence-corrected chi connectivity index (χ1v) is 13.3. The van der Waals surface area contributed by atoms with E-state index in [0.29, 0.717) is 22.1 Å². The Bertz CT molecular complexity index is 1770. The number of aromatic nitrogens is 5. The molecule has 11 nitrogen and oxygen atoms in total. The van der Waals surface area contributed by atoms with Crippen LogP contribution < -0.4 is 10.4 Å². The summed E-state index contributed by atoms with van der Waals surface area (Å²) in [6, 6.07) is 12.5. The van der Waals surface area contributed by atoms with Crippen LogP contribution in [0.25, 0.3) is 16.6 Å². The molecular formula is C27H22Cl2F2N8O3. The Labute approximate surface area is 247 Å². The molecule has 1 fully saturated rings. The summed E-state index contributed by atoms with van der Waals surface area (Å²) in [7, 11) is 1.80. The Balaban J connectivity index is 1.24. The zero-order chi connectivity index (χ0) is 29.4. The summed E-state index contributed by atoms with van der Waals surface area (Å²) in [6.45, 7) is -0.375. The minimum atomic E-state index is -1.05. The molecule has 0 aliphatic carbocycles. The first-order chi connectivity index (χ1) is 20.2. The Kier molecular flexibility index (Phi) is 7.75. The van der Waals surface area contributed by atoms with Crippen molar-refractivity contribution in [1.82, 2.24) is 29.8 Å². The van der Waals surface area contributed by atoms with Crippen molar-refractivity contribution < 1.29 is 23.3 Å². The molecule has 1 unspecified atom stereocenters. The molecule has 1 aliphatic rings.